The molecule has 0 saturated heterocycles. The number of nitrogens with one attached hydrogen (secondary N) is 1. The first-order chi connectivity index (χ1) is 8.74. The van der Waals surface area contributed by atoms with E-state index in [1.807, 2.05) is 6.07 Å². The van der Waals surface area contributed by atoms with Gasteiger partial charge < -0.3 is 9.73 Å². The van der Waals surface area contributed by atoms with Crippen molar-refractivity contribution >= 4 is 11.6 Å². The van der Waals surface area contributed by atoms with E-state index < -0.39 is 5.82 Å². The first kappa shape index (κ1) is 11.8. The molecule has 1 heterocycles. The normalized spacial score (nSPS) is 15.0. The summed E-state index contributed by atoms with van der Waals surface area (Å²) in [6.45, 7) is 0.696. The number of hydrogen-bond acceptors (Lipinski definition) is 2. The van der Waals surface area contributed by atoms with Crippen LogP contribution in [-0.4, -0.2) is 6.04 Å². The summed E-state index contributed by atoms with van der Waals surface area (Å²) in [6.07, 6.45) is 4.12. The van der Waals surface area contributed by atoms with Crippen LogP contribution in [0.1, 0.15) is 18.6 Å². The minimum absolute atomic E-state index is 0.134. The molecule has 0 aliphatic heterocycles. The highest BCUT2D eigenvalue weighted by Crippen LogP contribution is 2.29. The molecule has 0 amide bonds. The minimum Gasteiger partial charge on any atom is -0.467 e. The first-order valence-electron chi connectivity index (χ1n) is 5.99. The van der Waals surface area contributed by atoms with Gasteiger partial charge in [-0.05, 0) is 36.6 Å². The fourth-order valence-electron chi connectivity index (χ4n) is 1.92. The molecule has 2 nitrogen and oxygen atoms in total. The predicted octanol–water partition coefficient (Wildman–Crippen LogP) is 3.99. The van der Waals surface area contributed by atoms with Crippen molar-refractivity contribution in [2.45, 2.75) is 25.4 Å². The zero-order valence-corrected chi connectivity index (χ0v) is 10.5. The summed E-state index contributed by atoms with van der Waals surface area (Å²) in [7, 11) is 0. The molecular weight excluding hydrogens is 253 g/mol. The molecule has 94 valence electrons. The minimum atomic E-state index is -0.401. The number of halogens is 2. The highest BCUT2D eigenvalue weighted by atomic mass is 35.5. The van der Waals surface area contributed by atoms with Gasteiger partial charge in [-0.1, -0.05) is 17.7 Å². The van der Waals surface area contributed by atoms with Crippen LogP contribution in [0.3, 0.4) is 0 Å². The van der Waals surface area contributed by atoms with E-state index in [1.54, 1.807) is 18.4 Å². The van der Waals surface area contributed by atoms with Gasteiger partial charge >= 0.3 is 0 Å². The molecular formula is C14H13ClFNO. The summed E-state index contributed by atoms with van der Waals surface area (Å²) < 4.78 is 18.6. The van der Waals surface area contributed by atoms with Crippen LogP contribution < -0.4 is 5.32 Å². The molecule has 1 aromatic heterocycles. The highest BCUT2D eigenvalue weighted by molar-refractivity contribution is 6.31. The lowest BCUT2D eigenvalue weighted by Crippen LogP contribution is -2.15. The fraction of sp³-hybridized carbons (Fsp3) is 0.286. The number of benzene rings is 1. The highest BCUT2D eigenvalue weighted by Gasteiger charge is 2.21. The van der Waals surface area contributed by atoms with Gasteiger partial charge in [0.05, 0.1) is 17.8 Å². The van der Waals surface area contributed by atoms with Crippen molar-refractivity contribution in [3.8, 4) is 11.1 Å². The largest absolute Gasteiger partial charge is 0.467 e. The first-order valence-corrected chi connectivity index (χ1v) is 6.37. The second-order valence-corrected chi connectivity index (χ2v) is 4.95. The Bertz CT molecular complexity index is 563. The third-order valence-corrected chi connectivity index (χ3v) is 3.39. The Labute approximate surface area is 110 Å². The third-order valence-electron chi connectivity index (χ3n) is 3.10. The monoisotopic (exact) mass is 265 g/mol. The van der Waals surface area contributed by atoms with Crippen molar-refractivity contribution in [2.24, 2.45) is 0 Å². The molecule has 1 saturated carbocycles. The van der Waals surface area contributed by atoms with Crippen LogP contribution in [0.15, 0.2) is 34.9 Å². The van der Waals surface area contributed by atoms with Gasteiger partial charge in [0.2, 0.25) is 0 Å². The van der Waals surface area contributed by atoms with Crippen molar-refractivity contribution in [1.29, 1.82) is 0 Å². The number of rotatable bonds is 4. The lowest BCUT2D eigenvalue weighted by molar-refractivity contribution is 0.483. The molecule has 1 aromatic carbocycles. The molecule has 1 aliphatic rings. The Morgan fingerprint density at radius 2 is 2.17 bits per heavy atom. The molecule has 0 radical (unpaired) electrons. The number of hydrogen-bond donors (Lipinski definition) is 1. The van der Waals surface area contributed by atoms with Gasteiger partial charge in [-0.25, -0.2) is 4.39 Å². The topological polar surface area (TPSA) is 25.2 Å². The lowest BCUT2D eigenvalue weighted by atomic mass is 10.1. The molecule has 0 bridgehead atoms. The van der Waals surface area contributed by atoms with E-state index in [0.717, 1.165) is 16.9 Å². The van der Waals surface area contributed by atoms with E-state index in [2.05, 4.69) is 5.32 Å². The zero-order valence-electron chi connectivity index (χ0n) is 9.75. The van der Waals surface area contributed by atoms with E-state index in [0.29, 0.717) is 12.6 Å². The third kappa shape index (κ3) is 2.42. The van der Waals surface area contributed by atoms with Gasteiger partial charge in [-0.15, -0.1) is 0 Å². The van der Waals surface area contributed by atoms with Crippen LogP contribution in [0.5, 0.6) is 0 Å². The Morgan fingerprint density at radius 3 is 2.89 bits per heavy atom. The summed E-state index contributed by atoms with van der Waals surface area (Å²) >= 11 is 5.80. The van der Waals surface area contributed by atoms with Gasteiger partial charge in [0, 0.05) is 11.6 Å². The predicted molar refractivity (Wildman–Crippen MR) is 69.0 cm³/mol. The number of furan rings is 1. The van der Waals surface area contributed by atoms with Crippen LogP contribution in [0, 0.1) is 5.82 Å². The molecule has 4 heteroatoms. The molecule has 0 spiro atoms. The van der Waals surface area contributed by atoms with Crippen LogP contribution >= 0.6 is 11.6 Å². The summed E-state index contributed by atoms with van der Waals surface area (Å²) in [4.78, 5) is 0. The average molecular weight is 266 g/mol. The maximum atomic E-state index is 13.1. The van der Waals surface area contributed by atoms with Crippen molar-refractivity contribution in [1.82, 2.24) is 5.32 Å². The molecule has 0 atom stereocenters. The average Bonchev–Trinajstić information content (AvgIpc) is 3.08. The van der Waals surface area contributed by atoms with E-state index in [-0.39, 0.29) is 5.02 Å². The van der Waals surface area contributed by atoms with E-state index in [4.69, 9.17) is 16.0 Å². The van der Waals surface area contributed by atoms with E-state index in [1.165, 1.54) is 18.9 Å². The Balaban J connectivity index is 1.85. The van der Waals surface area contributed by atoms with Gasteiger partial charge in [0.15, 0.2) is 0 Å². The van der Waals surface area contributed by atoms with Crippen LogP contribution in [0.2, 0.25) is 5.02 Å². The van der Waals surface area contributed by atoms with Crippen molar-refractivity contribution < 1.29 is 8.81 Å². The van der Waals surface area contributed by atoms with Crippen LogP contribution in [0.4, 0.5) is 4.39 Å². The van der Waals surface area contributed by atoms with Crippen molar-refractivity contribution in [2.75, 3.05) is 0 Å². The Hall–Kier alpha value is -1.32. The van der Waals surface area contributed by atoms with Crippen LogP contribution in [-0.2, 0) is 6.54 Å². The Kier molecular flexibility index (Phi) is 3.10. The molecule has 18 heavy (non-hydrogen) atoms. The maximum Gasteiger partial charge on any atom is 0.141 e. The molecule has 0 unspecified atom stereocenters. The van der Waals surface area contributed by atoms with Gasteiger partial charge in [0.1, 0.15) is 11.6 Å². The Morgan fingerprint density at radius 1 is 1.33 bits per heavy atom. The molecule has 3 rings (SSSR count). The van der Waals surface area contributed by atoms with Crippen LogP contribution in [0.25, 0.3) is 11.1 Å². The van der Waals surface area contributed by atoms with Crippen molar-refractivity contribution in [3.05, 3.63) is 47.1 Å². The summed E-state index contributed by atoms with van der Waals surface area (Å²) in [5.74, 6) is 0.464. The fourth-order valence-corrected chi connectivity index (χ4v) is 2.10. The smallest absolute Gasteiger partial charge is 0.141 e. The molecule has 2 aromatic rings. The summed E-state index contributed by atoms with van der Waals surface area (Å²) in [5, 5.41) is 3.53. The molecule has 1 fully saturated rings. The summed E-state index contributed by atoms with van der Waals surface area (Å²) in [5.41, 5.74) is 1.84. The van der Waals surface area contributed by atoms with Gasteiger partial charge in [-0.2, -0.15) is 0 Å². The second kappa shape index (κ2) is 4.75. The van der Waals surface area contributed by atoms with Crippen molar-refractivity contribution in [3.63, 3.8) is 0 Å². The maximum absolute atomic E-state index is 13.1. The zero-order chi connectivity index (χ0) is 12.5. The second-order valence-electron chi connectivity index (χ2n) is 4.54. The molecule has 1 aliphatic carbocycles. The van der Waals surface area contributed by atoms with Gasteiger partial charge in [-0.3, -0.25) is 0 Å². The molecule has 1 N–H and O–H groups in total. The van der Waals surface area contributed by atoms with E-state index >= 15 is 0 Å². The standard InChI is InChI=1S/C14H13ClFNO/c15-12-7-9(1-4-13(12)16)11-5-6-18-14(11)8-17-10-2-3-10/h1,4-7,10,17H,2-3,8H2. The van der Waals surface area contributed by atoms with E-state index in [9.17, 15) is 4.39 Å². The lowest BCUT2D eigenvalue weighted by Gasteiger charge is -2.05. The quantitative estimate of drug-likeness (QED) is 0.904. The summed E-state index contributed by atoms with van der Waals surface area (Å²) in [6, 6.07) is 7.23. The van der Waals surface area contributed by atoms with Gasteiger partial charge in [0.25, 0.3) is 0 Å². The SMILES string of the molecule is Fc1ccc(-c2ccoc2CNC2CC2)cc1Cl.